The van der Waals surface area contributed by atoms with Gasteiger partial charge in [-0.2, -0.15) is 0 Å². The number of ether oxygens (including phenoxy) is 2. The zero-order valence-corrected chi connectivity index (χ0v) is 15.3. The van der Waals surface area contributed by atoms with Crippen LogP contribution in [0.3, 0.4) is 0 Å². The summed E-state index contributed by atoms with van der Waals surface area (Å²) in [5, 5.41) is 23.0. The number of carbonyl (C=O) groups is 1. The number of para-hydroxylation sites is 1. The molecule has 1 fully saturated rings. The third kappa shape index (κ3) is 4.78. The summed E-state index contributed by atoms with van der Waals surface area (Å²) in [4.78, 5) is 12.5. The number of carbonyl (C=O) groups excluding carboxylic acids is 1. The second kappa shape index (κ2) is 8.41. The molecular weight excluding hydrogens is 346 g/mol. The number of rotatable bonds is 7. The van der Waals surface area contributed by atoms with Gasteiger partial charge in [0.05, 0.1) is 25.9 Å². The van der Waals surface area contributed by atoms with E-state index in [4.69, 9.17) is 9.47 Å². The molecule has 0 bridgehead atoms. The Labute approximate surface area is 158 Å². The summed E-state index contributed by atoms with van der Waals surface area (Å²) in [5.74, 6) is 1.18. The molecule has 6 heteroatoms. The van der Waals surface area contributed by atoms with Crippen molar-refractivity contribution in [3.8, 4) is 11.5 Å². The van der Waals surface area contributed by atoms with Gasteiger partial charge in [-0.05, 0) is 49.2 Å². The van der Waals surface area contributed by atoms with Gasteiger partial charge in [0, 0.05) is 17.5 Å². The normalized spacial score (nSPS) is 24.4. The standard InChI is InChI=1S/C21H25NO5/c1-26-16-9-7-15(8-10-16)20(25)22-13-21(11-18(23)19(24)12-21)14-27-17-5-3-2-4-6-17/h2-10,18-19,23-24H,11-14H2,1H3,(H,22,25). The molecule has 2 aromatic carbocycles. The van der Waals surface area contributed by atoms with Crippen LogP contribution in [0, 0.1) is 5.41 Å². The number of aliphatic hydroxyl groups is 2. The lowest BCUT2D eigenvalue weighted by atomic mass is 9.86. The molecule has 1 amide bonds. The Hall–Kier alpha value is -2.57. The number of aliphatic hydroxyl groups excluding tert-OH is 2. The highest BCUT2D eigenvalue weighted by atomic mass is 16.5. The molecular formula is C21H25NO5. The van der Waals surface area contributed by atoms with Gasteiger partial charge in [-0.25, -0.2) is 0 Å². The highest BCUT2D eigenvalue weighted by Crippen LogP contribution is 2.38. The Morgan fingerprint density at radius 2 is 1.67 bits per heavy atom. The van der Waals surface area contributed by atoms with Crippen LogP contribution in [0.4, 0.5) is 0 Å². The van der Waals surface area contributed by atoms with Crippen LogP contribution in [0.25, 0.3) is 0 Å². The molecule has 0 heterocycles. The smallest absolute Gasteiger partial charge is 0.251 e. The van der Waals surface area contributed by atoms with E-state index in [1.54, 1.807) is 31.4 Å². The van der Waals surface area contributed by atoms with E-state index < -0.39 is 17.6 Å². The van der Waals surface area contributed by atoms with Crippen molar-refractivity contribution in [3.05, 3.63) is 60.2 Å². The van der Waals surface area contributed by atoms with Gasteiger partial charge >= 0.3 is 0 Å². The lowest BCUT2D eigenvalue weighted by molar-refractivity contribution is 0.0438. The lowest BCUT2D eigenvalue weighted by Gasteiger charge is -2.29. The van der Waals surface area contributed by atoms with Crippen LogP contribution < -0.4 is 14.8 Å². The van der Waals surface area contributed by atoms with E-state index >= 15 is 0 Å². The van der Waals surface area contributed by atoms with Crippen LogP contribution in [-0.4, -0.2) is 48.6 Å². The molecule has 3 N–H and O–H groups in total. The third-order valence-corrected chi connectivity index (χ3v) is 4.99. The number of hydrogen-bond acceptors (Lipinski definition) is 5. The summed E-state index contributed by atoms with van der Waals surface area (Å²) < 4.78 is 11.0. The maximum Gasteiger partial charge on any atom is 0.251 e. The van der Waals surface area contributed by atoms with Crippen molar-refractivity contribution < 1.29 is 24.5 Å². The highest BCUT2D eigenvalue weighted by molar-refractivity contribution is 5.94. The Morgan fingerprint density at radius 1 is 1.04 bits per heavy atom. The van der Waals surface area contributed by atoms with E-state index in [1.807, 2.05) is 30.3 Å². The molecule has 6 nitrogen and oxygen atoms in total. The first-order valence-corrected chi connectivity index (χ1v) is 8.98. The summed E-state index contributed by atoms with van der Waals surface area (Å²) in [6.07, 6.45) is -0.905. The van der Waals surface area contributed by atoms with Crippen LogP contribution in [0.5, 0.6) is 11.5 Å². The van der Waals surface area contributed by atoms with E-state index in [-0.39, 0.29) is 5.91 Å². The molecule has 2 atom stereocenters. The Kier molecular flexibility index (Phi) is 5.98. The molecule has 3 rings (SSSR count). The summed E-state index contributed by atoms with van der Waals surface area (Å²) >= 11 is 0. The van der Waals surface area contributed by atoms with Gasteiger partial charge in [0.15, 0.2) is 0 Å². The first-order chi connectivity index (χ1) is 13.0. The van der Waals surface area contributed by atoms with Crippen molar-refractivity contribution in [1.82, 2.24) is 5.32 Å². The van der Waals surface area contributed by atoms with Crippen molar-refractivity contribution in [3.63, 3.8) is 0 Å². The van der Waals surface area contributed by atoms with Crippen molar-refractivity contribution in [2.24, 2.45) is 5.41 Å². The maximum absolute atomic E-state index is 12.5. The molecule has 144 valence electrons. The molecule has 2 aromatic rings. The van der Waals surface area contributed by atoms with Crippen molar-refractivity contribution >= 4 is 5.91 Å². The third-order valence-electron chi connectivity index (χ3n) is 4.99. The first-order valence-electron chi connectivity index (χ1n) is 8.98. The molecule has 1 aliphatic rings. The molecule has 0 spiro atoms. The van der Waals surface area contributed by atoms with E-state index in [0.29, 0.717) is 43.1 Å². The molecule has 2 unspecified atom stereocenters. The zero-order valence-electron chi connectivity index (χ0n) is 15.3. The second-order valence-electron chi connectivity index (χ2n) is 7.06. The second-order valence-corrected chi connectivity index (χ2v) is 7.06. The van der Waals surface area contributed by atoms with Crippen LogP contribution >= 0.6 is 0 Å². The number of nitrogens with one attached hydrogen (secondary N) is 1. The Bertz CT molecular complexity index is 737. The average Bonchev–Trinajstić information content (AvgIpc) is 2.99. The van der Waals surface area contributed by atoms with Gasteiger partial charge in [0.25, 0.3) is 5.91 Å². The van der Waals surface area contributed by atoms with E-state index in [2.05, 4.69) is 5.32 Å². The number of amides is 1. The van der Waals surface area contributed by atoms with E-state index in [9.17, 15) is 15.0 Å². The first kappa shape index (κ1) is 19.2. The van der Waals surface area contributed by atoms with Crippen LogP contribution in [-0.2, 0) is 0 Å². The van der Waals surface area contributed by atoms with Gasteiger partial charge in [-0.3, -0.25) is 4.79 Å². The fourth-order valence-electron chi connectivity index (χ4n) is 3.42. The molecule has 0 aliphatic heterocycles. The summed E-state index contributed by atoms with van der Waals surface area (Å²) in [6, 6.07) is 16.2. The Balaban J connectivity index is 1.65. The summed E-state index contributed by atoms with van der Waals surface area (Å²) in [6.45, 7) is 0.604. The van der Waals surface area contributed by atoms with Crippen molar-refractivity contribution in [2.45, 2.75) is 25.0 Å². The van der Waals surface area contributed by atoms with Gasteiger partial charge in [0.1, 0.15) is 11.5 Å². The van der Waals surface area contributed by atoms with Crippen LogP contribution in [0.2, 0.25) is 0 Å². The van der Waals surface area contributed by atoms with Crippen molar-refractivity contribution in [1.29, 1.82) is 0 Å². The van der Waals surface area contributed by atoms with E-state index in [1.165, 1.54) is 0 Å². The van der Waals surface area contributed by atoms with Crippen molar-refractivity contribution in [2.75, 3.05) is 20.3 Å². The molecule has 0 saturated heterocycles. The topological polar surface area (TPSA) is 88.0 Å². The fraction of sp³-hybridized carbons (Fsp3) is 0.381. The monoisotopic (exact) mass is 371 g/mol. The van der Waals surface area contributed by atoms with Gasteiger partial charge in [-0.1, -0.05) is 18.2 Å². The summed E-state index contributed by atoms with van der Waals surface area (Å²) in [7, 11) is 1.57. The zero-order chi connectivity index (χ0) is 19.3. The predicted molar refractivity (Wildman–Crippen MR) is 101 cm³/mol. The molecule has 1 aliphatic carbocycles. The van der Waals surface area contributed by atoms with Gasteiger partial charge < -0.3 is 25.0 Å². The minimum atomic E-state index is -0.817. The highest BCUT2D eigenvalue weighted by Gasteiger charge is 2.45. The molecule has 27 heavy (non-hydrogen) atoms. The minimum absolute atomic E-state index is 0.215. The predicted octanol–water partition coefficient (Wildman–Crippen LogP) is 2.01. The average molecular weight is 371 g/mol. The van der Waals surface area contributed by atoms with Crippen LogP contribution in [0.1, 0.15) is 23.2 Å². The van der Waals surface area contributed by atoms with Gasteiger partial charge in [0.2, 0.25) is 0 Å². The number of hydrogen-bond donors (Lipinski definition) is 3. The molecule has 0 aromatic heterocycles. The molecule has 1 saturated carbocycles. The quantitative estimate of drug-likeness (QED) is 0.693. The maximum atomic E-state index is 12.5. The largest absolute Gasteiger partial charge is 0.497 e. The minimum Gasteiger partial charge on any atom is -0.497 e. The number of methoxy groups -OCH3 is 1. The van der Waals surface area contributed by atoms with Gasteiger partial charge in [-0.15, -0.1) is 0 Å². The number of benzene rings is 2. The fourth-order valence-corrected chi connectivity index (χ4v) is 3.42. The van der Waals surface area contributed by atoms with E-state index in [0.717, 1.165) is 0 Å². The summed E-state index contributed by atoms with van der Waals surface area (Å²) in [5.41, 5.74) is -0.00871. The Morgan fingerprint density at radius 3 is 2.26 bits per heavy atom. The molecule has 0 radical (unpaired) electrons. The lowest BCUT2D eigenvalue weighted by Crippen LogP contribution is -2.40. The SMILES string of the molecule is COc1ccc(C(=O)NCC2(COc3ccccc3)CC(O)C(O)C2)cc1. The van der Waals surface area contributed by atoms with Crippen LogP contribution in [0.15, 0.2) is 54.6 Å².